The Kier molecular flexibility index (Phi) is 6.14. The molecule has 26 heavy (non-hydrogen) atoms. The number of rotatable bonds is 12. The van der Waals surface area contributed by atoms with Crippen LogP contribution in [0.5, 0.6) is 5.75 Å². The molecule has 2 saturated carbocycles. The Morgan fingerprint density at radius 1 is 1.31 bits per heavy atom. The molecular formula is C20H27NO5. The third-order valence-electron chi connectivity index (χ3n) is 5.06. The maximum absolute atomic E-state index is 11.3. The van der Waals surface area contributed by atoms with Crippen molar-refractivity contribution in [1.29, 1.82) is 0 Å². The zero-order chi connectivity index (χ0) is 18.5. The Balaban J connectivity index is 1.65. The fraction of sp³-hybridized carbons (Fsp3) is 0.600. The summed E-state index contributed by atoms with van der Waals surface area (Å²) in [5.74, 6) is -0.142. The highest BCUT2D eigenvalue weighted by Gasteiger charge is 2.43. The van der Waals surface area contributed by atoms with Crippen molar-refractivity contribution < 1.29 is 24.2 Å². The van der Waals surface area contributed by atoms with Gasteiger partial charge in [-0.1, -0.05) is 6.07 Å². The van der Waals surface area contributed by atoms with Crippen molar-refractivity contribution in [3.63, 3.8) is 0 Å². The second kappa shape index (κ2) is 8.54. The highest BCUT2D eigenvalue weighted by Crippen LogP contribution is 2.39. The number of carboxylic acids is 1. The Bertz CT molecular complexity index is 643. The van der Waals surface area contributed by atoms with E-state index in [-0.39, 0.29) is 11.8 Å². The Morgan fingerprint density at radius 2 is 2.08 bits per heavy atom. The molecule has 0 unspecified atom stereocenters. The zero-order valence-electron chi connectivity index (χ0n) is 15.2. The average molecular weight is 361 g/mol. The fourth-order valence-electron chi connectivity index (χ4n) is 3.28. The van der Waals surface area contributed by atoms with Crippen LogP contribution in [-0.2, 0) is 27.3 Å². The summed E-state index contributed by atoms with van der Waals surface area (Å²) in [6.45, 7) is 1.72. The number of carbonyl (C=O) groups excluding carboxylic acids is 1. The van der Waals surface area contributed by atoms with E-state index in [2.05, 4.69) is 6.07 Å². The molecule has 6 heteroatoms. The summed E-state index contributed by atoms with van der Waals surface area (Å²) in [6, 6.07) is 6.48. The molecular weight excluding hydrogens is 334 g/mol. The van der Waals surface area contributed by atoms with Crippen molar-refractivity contribution in [3.8, 4) is 5.75 Å². The second-order valence-electron chi connectivity index (χ2n) is 7.34. The quantitative estimate of drug-likeness (QED) is 0.457. The van der Waals surface area contributed by atoms with Crippen LogP contribution in [-0.4, -0.2) is 48.8 Å². The molecule has 0 aliphatic heterocycles. The second-order valence-corrected chi connectivity index (χ2v) is 7.34. The maximum atomic E-state index is 11.3. The van der Waals surface area contributed by atoms with E-state index in [4.69, 9.17) is 14.6 Å². The van der Waals surface area contributed by atoms with E-state index in [0.29, 0.717) is 32.2 Å². The predicted octanol–water partition coefficient (Wildman–Crippen LogP) is 2.49. The van der Waals surface area contributed by atoms with Gasteiger partial charge in [-0.25, -0.2) is 0 Å². The van der Waals surface area contributed by atoms with Gasteiger partial charge in [0.05, 0.1) is 12.5 Å². The first kappa shape index (κ1) is 18.7. The smallest absolute Gasteiger partial charge is 0.306 e. The van der Waals surface area contributed by atoms with Gasteiger partial charge in [-0.3, -0.25) is 9.59 Å². The number of amides is 1. The van der Waals surface area contributed by atoms with E-state index < -0.39 is 5.97 Å². The van der Waals surface area contributed by atoms with Gasteiger partial charge in [-0.05, 0) is 55.4 Å². The molecule has 2 fully saturated rings. The van der Waals surface area contributed by atoms with Crippen LogP contribution in [0.3, 0.4) is 0 Å². The molecule has 2 aliphatic carbocycles. The molecule has 1 N–H and O–H groups in total. The van der Waals surface area contributed by atoms with Crippen LogP contribution >= 0.6 is 0 Å². The minimum atomic E-state index is -0.737. The van der Waals surface area contributed by atoms with Crippen LogP contribution in [0.15, 0.2) is 18.2 Å². The van der Waals surface area contributed by atoms with Crippen LogP contribution in [0, 0.1) is 11.8 Å². The topological polar surface area (TPSA) is 76.1 Å². The Morgan fingerprint density at radius 3 is 2.69 bits per heavy atom. The maximum Gasteiger partial charge on any atom is 0.306 e. The molecule has 2 atom stereocenters. The normalized spacial score (nSPS) is 21.3. The van der Waals surface area contributed by atoms with Crippen molar-refractivity contribution in [2.45, 2.75) is 44.7 Å². The summed E-state index contributed by atoms with van der Waals surface area (Å²) in [6.07, 6.45) is 5.57. The molecule has 0 heterocycles. The van der Waals surface area contributed by atoms with E-state index in [1.165, 1.54) is 0 Å². The van der Waals surface area contributed by atoms with Gasteiger partial charge in [0.2, 0.25) is 6.41 Å². The third kappa shape index (κ3) is 5.21. The van der Waals surface area contributed by atoms with E-state index in [1.54, 1.807) is 7.11 Å². The van der Waals surface area contributed by atoms with E-state index in [9.17, 15) is 9.59 Å². The summed E-state index contributed by atoms with van der Waals surface area (Å²) in [5, 5.41) is 9.01. The van der Waals surface area contributed by atoms with Crippen molar-refractivity contribution in [3.05, 3.63) is 29.3 Å². The molecule has 1 aromatic carbocycles. The first-order valence-electron chi connectivity index (χ1n) is 9.29. The number of hydrogen-bond donors (Lipinski definition) is 1. The molecule has 0 radical (unpaired) electrons. The molecule has 0 saturated heterocycles. The standard InChI is InChI=1S/C20H27NO5/c1-25-6-2-3-14-7-15(11-21(13-22)17-4-5-17)9-18(8-14)26-12-16-10-19(16)20(23)24/h7-9,13,16-17,19H,2-6,10-12H2,1H3,(H,23,24)/t16-,19+/m1/s1. The van der Waals surface area contributed by atoms with Crippen molar-refractivity contribution in [1.82, 2.24) is 4.90 Å². The number of carboxylic acid groups (broad SMARTS) is 1. The first-order valence-corrected chi connectivity index (χ1v) is 9.29. The first-order chi connectivity index (χ1) is 12.6. The molecule has 3 rings (SSSR count). The summed E-state index contributed by atoms with van der Waals surface area (Å²) < 4.78 is 11.0. The molecule has 6 nitrogen and oxygen atoms in total. The number of ether oxygens (including phenoxy) is 2. The monoisotopic (exact) mass is 361 g/mol. The predicted molar refractivity (Wildman–Crippen MR) is 96.0 cm³/mol. The van der Waals surface area contributed by atoms with Gasteiger partial charge >= 0.3 is 5.97 Å². The van der Waals surface area contributed by atoms with Crippen LogP contribution in [0.1, 0.15) is 36.8 Å². The molecule has 142 valence electrons. The lowest BCUT2D eigenvalue weighted by atomic mass is 10.1. The number of aliphatic carboxylic acids is 1. The summed E-state index contributed by atoms with van der Waals surface area (Å²) in [7, 11) is 1.69. The Labute approximate surface area is 154 Å². The van der Waals surface area contributed by atoms with Gasteiger partial charge < -0.3 is 19.5 Å². The summed E-state index contributed by atoms with van der Waals surface area (Å²) in [4.78, 5) is 24.1. The highest BCUT2D eigenvalue weighted by molar-refractivity contribution is 5.73. The Hall–Kier alpha value is -2.08. The van der Waals surface area contributed by atoms with E-state index >= 15 is 0 Å². The van der Waals surface area contributed by atoms with Crippen molar-refractivity contribution >= 4 is 12.4 Å². The molecule has 0 spiro atoms. The fourth-order valence-corrected chi connectivity index (χ4v) is 3.28. The van der Waals surface area contributed by atoms with E-state index in [1.807, 2.05) is 17.0 Å². The van der Waals surface area contributed by atoms with Gasteiger partial charge in [0.25, 0.3) is 0 Å². The molecule has 1 aromatic rings. The van der Waals surface area contributed by atoms with Crippen molar-refractivity contribution in [2.24, 2.45) is 11.8 Å². The van der Waals surface area contributed by atoms with Crippen LogP contribution in [0.2, 0.25) is 0 Å². The van der Waals surface area contributed by atoms with Crippen LogP contribution < -0.4 is 4.74 Å². The summed E-state index contributed by atoms with van der Waals surface area (Å²) >= 11 is 0. The lowest BCUT2D eigenvalue weighted by Gasteiger charge is -2.18. The number of methoxy groups -OCH3 is 1. The van der Waals surface area contributed by atoms with Gasteiger partial charge in [0, 0.05) is 32.2 Å². The van der Waals surface area contributed by atoms with Gasteiger partial charge in [-0.15, -0.1) is 0 Å². The largest absolute Gasteiger partial charge is 0.493 e. The van der Waals surface area contributed by atoms with Gasteiger partial charge in [0.15, 0.2) is 0 Å². The third-order valence-corrected chi connectivity index (χ3v) is 5.06. The molecule has 0 bridgehead atoms. The SMILES string of the molecule is COCCCc1cc(CN(C=O)C2CC2)cc(OC[C@H]2C[C@@H]2C(=O)O)c1. The van der Waals surface area contributed by atoms with E-state index in [0.717, 1.165) is 49.0 Å². The number of carbonyl (C=O) groups is 2. The number of hydrogen-bond acceptors (Lipinski definition) is 4. The average Bonchev–Trinajstić information content (AvgIpc) is 3.52. The minimum Gasteiger partial charge on any atom is -0.493 e. The van der Waals surface area contributed by atoms with Crippen LogP contribution in [0.4, 0.5) is 0 Å². The van der Waals surface area contributed by atoms with Gasteiger partial charge in [0.1, 0.15) is 5.75 Å². The minimum absolute atomic E-state index is 0.103. The summed E-state index contributed by atoms with van der Waals surface area (Å²) in [5.41, 5.74) is 2.21. The van der Waals surface area contributed by atoms with Crippen molar-refractivity contribution in [2.75, 3.05) is 20.3 Å². The highest BCUT2D eigenvalue weighted by atomic mass is 16.5. The molecule has 1 amide bonds. The number of benzene rings is 1. The van der Waals surface area contributed by atoms with Gasteiger partial charge in [-0.2, -0.15) is 0 Å². The lowest BCUT2D eigenvalue weighted by Crippen LogP contribution is -2.23. The number of aryl methyl sites for hydroxylation is 1. The van der Waals surface area contributed by atoms with Crippen LogP contribution in [0.25, 0.3) is 0 Å². The number of nitrogens with zero attached hydrogens (tertiary/aromatic N) is 1. The molecule has 0 aromatic heterocycles. The molecule has 2 aliphatic rings. The lowest BCUT2D eigenvalue weighted by molar-refractivity contribution is -0.139. The zero-order valence-corrected chi connectivity index (χ0v) is 15.2.